The first-order valence-electron chi connectivity index (χ1n) is 7.40. The van der Waals surface area contributed by atoms with Crippen molar-refractivity contribution in [1.82, 2.24) is 5.32 Å². The zero-order chi connectivity index (χ0) is 15.0. The molecule has 1 amide bonds. The standard InChI is InChI=1S/C14H27N3O3/c1-6-4-8(20-9(6)5-18)10-7(2)11(10)12(15)13(17-3)14(16)19/h6-13,17-18H,4-5,15H2,1-3H3,(H2,16,19). The third-order valence-corrected chi connectivity index (χ3v) is 5.16. The molecule has 8 atom stereocenters. The number of amides is 1. The highest BCUT2D eigenvalue weighted by molar-refractivity contribution is 5.80. The summed E-state index contributed by atoms with van der Waals surface area (Å²) in [4.78, 5) is 11.4. The number of nitrogens with two attached hydrogens (primary N) is 2. The molecule has 20 heavy (non-hydrogen) atoms. The second kappa shape index (κ2) is 5.97. The van der Waals surface area contributed by atoms with Crippen LogP contribution in [0.15, 0.2) is 0 Å². The molecule has 6 N–H and O–H groups in total. The number of primary amides is 1. The Balaban J connectivity index is 1.98. The molecule has 0 radical (unpaired) electrons. The van der Waals surface area contributed by atoms with E-state index in [4.69, 9.17) is 16.2 Å². The molecule has 1 heterocycles. The van der Waals surface area contributed by atoms with E-state index in [-0.39, 0.29) is 30.8 Å². The molecule has 0 aromatic rings. The number of hydrogen-bond acceptors (Lipinski definition) is 5. The highest BCUT2D eigenvalue weighted by atomic mass is 16.5. The van der Waals surface area contributed by atoms with E-state index in [1.54, 1.807) is 7.05 Å². The lowest BCUT2D eigenvalue weighted by molar-refractivity contribution is -0.120. The normalized spacial score (nSPS) is 43.2. The maximum Gasteiger partial charge on any atom is 0.236 e. The van der Waals surface area contributed by atoms with Gasteiger partial charge in [-0.2, -0.15) is 0 Å². The zero-order valence-corrected chi connectivity index (χ0v) is 12.5. The van der Waals surface area contributed by atoms with E-state index < -0.39 is 11.9 Å². The van der Waals surface area contributed by atoms with Crippen molar-refractivity contribution in [2.75, 3.05) is 13.7 Å². The molecule has 1 saturated heterocycles. The van der Waals surface area contributed by atoms with Crippen LogP contribution < -0.4 is 16.8 Å². The van der Waals surface area contributed by atoms with Crippen molar-refractivity contribution >= 4 is 5.91 Å². The second-order valence-electron chi connectivity index (χ2n) is 6.37. The molecule has 6 heteroatoms. The third kappa shape index (κ3) is 2.70. The van der Waals surface area contributed by atoms with E-state index in [1.165, 1.54) is 0 Å². The third-order valence-electron chi connectivity index (χ3n) is 5.16. The number of carbonyl (C=O) groups excluding carboxylic acids is 1. The van der Waals surface area contributed by atoms with Gasteiger partial charge in [0.05, 0.1) is 18.8 Å². The number of carbonyl (C=O) groups is 1. The minimum absolute atomic E-state index is 0.0654. The number of ether oxygens (including phenoxy) is 1. The summed E-state index contributed by atoms with van der Waals surface area (Å²) in [5.74, 6) is 0.987. The van der Waals surface area contributed by atoms with Crippen LogP contribution in [0.2, 0.25) is 0 Å². The van der Waals surface area contributed by atoms with Crippen molar-refractivity contribution in [3.05, 3.63) is 0 Å². The minimum atomic E-state index is -0.500. The molecule has 8 unspecified atom stereocenters. The number of likely N-dealkylation sites (N-methyl/N-ethyl adjacent to an activating group) is 1. The summed E-state index contributed by atoms with van der Waals surface area (Å²) in [7, 11) is 1.70. The predicted molar refractivity (Wildman–Crippen MR) is 75.7 cm³/mol. The van der Waals surface area contributed by atoms with Crippen molar-refractivity contribution in [3.8, 4) is 0 Å². The van der Waals surface area contributed by atoms with Gasteiger partial charge in [0, 0.05) is 6.04 Å². The molecule has 0 aromatic heterocycles. The van der Waals surface area contributed by atoms with Crippen LogP contribution in [-0.2, 0) is 9.53 Å². The lowest BCUT2D eigenvalue weighted by atomic mass is 9.97. The van der Waals surface area contributed by atoms with Crippen molar-refractivity contribution in [3.63, 3.8) is 0 Å². The van der Waals surface area contributed by atoms with Gasteiger partial charge in [-0.15, -0.1) is 0 Å². The molecule has 1 aliphatic carbocycles. The topological polar surface area (TPSA) is 111 Å². The fourth-order valence-electron chi connectivity index (χ4n) is 3.87. The predicted octanol–water partition coefficient (Wildman–Crippen LogP) is -0.945. The Kier molecular flexibility index (Phi) is 4.69. The van der Waals surface area contributed by atoms with Gasteiger partial charge in [-0.1, -0.05) is 13.8 Å². The number of rotatable bonds is 6. The summed E-state index contributed by atoms with van der Waals surface area (Å²) in [6.45, 7) is 4.31. The fraction of sp³-hybridized carbons (Fsp3) is 0.929. The minimum Gasteiger partial charge on any atom is -0.394 e. The fourth-order valence-corrected chi connectivity index (χ4v) is 3.87. The second-order valence-corrected chi connectivity index (χ2v) is 6.37. The average molecular weight is 285 g/mol. The smallest absolute Gasteiger partial charge is 0.236 e. The Hall–Kier alpha value is -0.690. The van der Waals surface area contributed by atoms with Crippen molar-refractivity contribution in [2.24, 2.45) is 35.1 Å². The van der Waals surface area contributed by atoms with E-state index in [2.05, 4.69) is 19.2 Å². The van der Waals surface area contributed by atoms with E-state index in [0.717, 1.165) is 6.42 Å². The lowest BCUT2D eigenvalue weighted by Gasteiger charge is -2.21. The first kappa shape index (κ1) is 15.7. The summed E-state index contributed by atoms with van der Waals surface area (Å²) in [5, 5.41) is 12.2. The van der Waals surface area contributed by atoms with Crippen LogP contribution in [0.3, 0.4) is 0 Å². The van der Waals surface area contributed by atoms with E-state index in [0.29, 0.717) is 17.8 Å². The molecule has 1 saturated carbocycles. The quantitative estimate of drug-likeness (QED) is 0.503. The van der Waals surface area contributed by atoms with Crippen LogP contribution in [0.5, 0.6) is 0 Å². The van der Waals surface area contributed by atoms with E-state index in [1.807, 2.05) is 0 Å². The highest BCUT2D eigenvalue weighted by Crippen LogP contribution is 2.54. The molecular weight excluding hydrogens is 258 g/mol. The molecule has 0 spiro atoms. The molecule has 2 fully saturated rings. The molecule has 0 aromatic carbocycles. The van der Waals surface area contributed by atoms with Crippen LogP contribution in [-0.4, -0.2) is 49.0 Å². The Morgan fingerprint density at radius 1 is 1.50 bits per heavy atom. The summed E-state index contributed by atoms with van der Waals surface area (Å²) >= 11 is 0. The largest absolute Gasteiger partial charge is 0.394 e. The van der Waals surface area contributed by atoms with Crippen molar-refractivity contribution in [2.45, 2.75) is 44.6 Å². The summed E-state index contributed by atoms with van der Waals surface area (Å²) < 4.78 is 5.93. The number of aliphatic hydroxyl groups is 1. The van der Waals surface area contributed by atoms with Crippen molar-refractivity contribution in [1.29, 1.82) is 0 Å². The number of aliphatic hydroxyl groups excluding tert-OH is 1. The van der Waals surface area contributed by atoms with Crippen LogP contribution in [0.4, 0.5) is 0 Å². The molecule has 2 aliphatic rings. The van der Waals surface area contributed by atoms with Crippen LogP contribution in [0, 0.1) is 23.7 Å². The van der Waals surface area contributed by atoms with Gasteiger partial charge in [-0.3, -0.25) is 4.79 Å². The van der Waals surface area contributed by atoms with Gasteiger partial charge in [-0.25, -0.2) is 0 Å². The van der Waals surface area contributed by atoms with Gasteiger partial charge in [0.2, 0.25) is 5.91 Å². The van der Waals surface area contributed by atoms with Gasteiger partial charge in [-0.05, 0) is 37.1 Å². The zero-order valence-electron chi connectivity index (χ0n) is 12.5. The molecule has 6 nitrogen and oxygen atoms in total. The first-order valence-corrected chi connectivity index (χ1v) is 7.40. The van der Waals surface area contributed by atoms with Crippen molar-refractivity contribution < 1.29 is 14.6 Å². The Labute approximate surface area is 120 Å². The number of nitrogens with one attached hydrogen (secondary N) is 1. The average Bonchev–Trinajstić information content (AvgIpc) is 2.90. The summed E-state index contributed by atoms with van der Waals surface area (Å²) in [6.07, 6.45) is 1.02. The van der Waals surface area contributed by atoms with E-state index in [9.17, 15) is 9.90 Å². The maximum absolute atomic E-state index is 11.4. The lowest BCUT2D eigenvalue weighted by Crippen LogP contribution is -2.53. The van der Waals surface area contributed by atoms with Gasteiger partial charge in [0.1, 0.15) is 6.04 Å². The SMILES string of the molecule is CNC(C(N)=O)C(N)C1C(C)C1C1CC(C)C(CO)O1. The van der Waals surface area contributed by atoms with Gasteiger partial charge in [0.15, 0.2) is 0 Å². The Bertz CT molecular complexity index is 366. The summed E-state index contributed by atoms with van der Waals surface area (Å²) in [5.41, 5.74) is 11.6. The monoisotopic (exact) mass is 285 g/mol. The maximum atomic E-state index is 11.4. The molecule has 0 bridgehead atoms. The van der Waals surface area contributed by atoms with Gasteiger partial charge in [0.25, 0.3) is 0 Å². The first-order chi connectivity index (χ1) is 9.42. The molecular formula is C14H27N3O3. The summed E-state index contributed by atoms with van der Waals surface area (Å²) in [6, 6.07) is -0.788. The van der Waals surface area contributed by atoms with Crippen LogP contribution >= 0.6 is 0 Å². The van der Waals surface area contributed by atoms with Gasteiger partial charge >= 0.3 is 0 Å². The van der Waals surface area contributed by atoms with Gasteiger partial charge < -0.3 is 26.6 Å². The van der Waals surface area contributed by atoms with Crippen LogP contribution in [0.1, 0.15) is 20.3 Å². The highest BCUT2D eigenvalue weighted by Gasteiger charge is 2.58. The number of hydrogen-bond donors (Lipinski definition) is 4. The Morgan fingerprint density at radius 2 is 2.15 bits per heavy atom. The Morgan fingerprint density at radius 3 is 2.60 bits per heavy atom. The molecule has 1 aliphatic heterocycles. The van der Waals surface area contributed by atoms with E-state index >= 15 is 0 Å². The molecule has 2 rings (SSSR count). The molecule has 116 valence electrons. The van der Waals surface area contributed by atoms with Crippen LogP contribution in [0.25, 0.3) is 0 Å².